The van der Waals surface area contributed by atoms with E-state index < -0.39 is 11.9 Å². The minimum absolute atomic E-state index is 0.206. The summed E-state index contributed by atoms with van der Waals surface area (Å²) in [5.74, 6) is -0.213. The Kier molecular flexibility index (Phi) is 5.31. The van der Waals surface area contributed by atoms with Gasteiger partial charge in [0, 0.05) is 13.5 Å². The molecule has 0 radical (unpaired) electrons. The fourth-order valence-corrected chi connectivity index (χ4v) is 2.18. The summed E-state index contributed by atoms with van der Waals surface area (Å²) < 4.78 is 23.5. The van der Waals surface area contributed by atoms with Crippen molar-refractivity contribution in [1.29, 1.82) is 0 Å². The summed E-state index contributed by atoms with van der Waals surface area (Å²) in [4.78, 5) is 0. The molecule has 4 heteroatoms. The second-order valence-electron chi connectivity index (χ2n) is 4.86. The third kappa shape index (κ3) is 4.03. The second-order valence-corrected chi connectivity index (χ2v) is 4.86. The van der Waals surface area contributed by atoms with Crippen LogP contribution in [-0.2, 0) is 17.8 Å². The van der Waals surface area contributed by atoms with E-state index in [0.29, 0.717) is 13.0 Å². The van der Waals surface area contributed by atoms with E-state index in [9.17, 15) is 9.50 Å². The van der Waals surface area contributed by atoms with Crippen LogP contribution >= 0.6 is 0 Å². The van der Waals surface area contributed by atoms with Crippen LogP contribution in [0.5, 0.6) is 5.75 Å². The van der Waals surface area contributed by atoms with Gasteiger partial charge in [0.1, 0.15) is 0 Å². The minimum atomic E-state index is -0.672. The molecule has 0 bridgehead atoms. The topological polar surface area (TPSA) is 38.7 Å². The molecule has 3 nitrogen and oxygen atoms in total. The number of halogens is 1. The number of rotatable bonds is 6. The summed E-state index contributed by atoms with van der Waals surface area (Å²) in [5, 5.41) is 10.2. The van der Waals surface area contributed by atoms with Crippen molar-refractivity contribution in [3.8, 4) is 5.75 Å². The van der Waals surface area contributed by atoms with Crippen molar-refractivity contribution in [2.45, 2.75) is 19.1 Å². The van der Waals surface area contributed by atoms with Crippen molar-refractivity contribution in [3.63, 3.8) is 0 Å². The highest BCUT2D eigenvalue weighted by atomic mass is 19.1. The first-order chi connectivity index (χ1) is 10.1. The van der Waals surface area contributed by atoms with Gasteiger partial charge in [-0.3, -0.25) is 0 Å². The normalized spacial score (nSPS) is 12.2. The molecule has 0 aromatic heterocycles. The van der Waals surface area contributed by atoms with Gasteiger partial charge in [-0.2, -0.15) is 0 Å². The average Bonchev–Trinajstić information content (AvgIpc) is 2.48. The molecule has 0 fully saturated rings. The Morgan fingerprint density at radius 3 is 2.29 bits per heavy atom. The molecule has 0 aliphatic heterocycles. The largest absolute Gasteiger partial charge is 0.494 e. The van der Waals surface area contributed by atoms with Gasteiger partial charge in [0.25, 0.3) is 0 Å². The maximum Gasteiger partial charge on any atom is 0.165 e. The van der Waals surface area contributed by atoms with Crippen LogP contribution in [0, 0.1) is 5.82 Å². The van der Waals surface area contributed by atoms with Crippen LogP contribution < -0.4 is 4.74 Å². The van der Waals surface area contributed by atoms with Gasteiger partial charge in [0.15, 0.2) is 11.6 Å². The van der Waals surface area contributed by atoms with Crippen molar-refractivity contribution in [2.75, 3.05) is 14.2 Å². The van der Waals surface area contributed by atoms with Crippen molar-refractivity contribution in [1.82, 2.24) is 0 Å². The molecule has 1 unspecified atom stereocenters. The molecule has 0 amide bonds. The predicted octanol–water partition coefficient (Wildman–Crippen LogP) is 3.26. The summed E-state index contributed by atoms with van der Waals surface area (Å²) in [6.07, 6.45) is -0.320. The van der Waals surface area contributed by atoms with E-state index in [1.165, 1.54) is 13.2 Å². The monoisotopic (exact) mass is 290 g/mol. The fraction of sp³-hybridized carbons (Fsp3) is 0.294. The highest BCUT2D eigenvalue weighted by Crippen LogP contribution is 2.23. The fourth-order valence-electron chi connectivity index (χ4n) is 2.18. The molecule has 112 valence electrons. The molecule has 1 N–H and O–H groups in total. The minimum Gasteiger partial charge on any atom is -0.494 e. The lowest BCUT2D eigenvalue weighted by Crippen LogP contribution is -2.03. The number of aliphatic hydroxyl groups is 1. The summed E-state index contributed by atoms with van der Waals surface area (Å²) in [7, 11) is 3.06. The molecule has 2 aromatic rings. The first-order valence-electron chi connectivity index (χ1n) is 6.72. The van der Waals surface area contributed by atoms with E-state index in [1.807, 2.05) is 24.3 Å². The van der Waals surface area contributed by atoms with Crippen molar-refractivity contribution in [2.24, 2.45) is 0 Å². The zero-order valence-electron chi connectivity index (χ0n) is 12.2. The SMILES string of the molecule is COCc1ccc(C(O)Cc2ccc(OC)c(F)c2)cc1. The number of ether oxygens (including phenoxy) is 2. The second kappa shape index (κ2) is 7.20. The number of hydrogen-bond acceptors (Lipinski definition) is 3. The molecule has 1 atom stereocenters. The van der Waals surface area contributed by atoms with Gasteiger partial charge < -0.3 is 14.6 Å². The Balaban J connectivity index is 2.06. The number of aliphatic hydroxyl groups excluding tert-OH is 1. The first-order valence-corrected chi connectivity index (χ1v) is 6.72. The van der Waals surface area contributed by atoms with Gasteiger partial charge in [0.2, 0.25) is 0 Å². The van der Waals surface area contributed by atoms with Crippen LogP contribution in [0.25, 0.3) is 0 Å². The molecule has 0 heterocycles. The van der Waals surface area contributed by atoms with Crippen molar-refractivity contribution in [3.05, 3.63) is 65.0 Å². The van der Waals surface area contributed by atoms with Gasteiger partial charge in [-0.1, -0.05) is 30.3 Å². The lowest BCUT2D eigenvalue weighted by Gasteiger charge is -2.12. The Morgan fingerprint density at radius 1 is 1.05 bits per heavy atom. The van der Waals surface area contributed by atoms with Crippen LogP contribution in [0.4, 0.5) is 4.39 Å². The highest BCUT2D eigenvalue weighted by Gasteiger charge is 2.11. The lowest BCUT2D eigenvalue weighted by molar-refractivity contribution is 0.177. The Labute approximate surface area is 124 Å². The molecule has 21 heavy (non-hydrogen) atoms. The molecular formula is C17H19FO3. The predicted molar refractivity (Wildman–Crippen MR) is 78.8 cm³/mol. The van der Waals surface area contributed by atoms with Crippen LogP contribution in [0.1, 0.15) is 22.8 Å². The van der Waals surface area contributed by atoms with E-state index in [2.05, 4.69) is 0 Å². The van der Waals surface area contributed by atoms with Crippen LogP contribution in [0.2, 0.25) is 0 Å². The molecule has 0 aliphatic carbocycles. The zero-order valence-corrected chi connectivity index (χ0v) is 12.2. The summed E-state index contributed by atoms with van der Waals surface area (Å²) >= 11 is 0. The van der Waals surface area contributed by atoms with Crippen LogP contribution in [-0.4, -0.2) is 19.3 Å². The van der Waals surface area contributed by atoms with E-state index in [-0.39, 0.29) is 5.75 Å². The van der Waals surface area contributed by atoms with Crippen LogP contribution in [0.15, 0.2) is 42.5 Å². The Bertz CT molecular complexity index is 581. The smallest absolute Gasteiger partial charge is 0.165 e. The Hall–Kier alpha value is -1.91. The maximum atomic E-state index is 13.6. The zero-order chi connectivity index (χ0) is 15.2. The molecular weight excluding hydrogens is 271 g/mol. The van der Waals surface area contributed by atoms with Gasteiger partial charge in [0.05, 0.1) is 19.8 Å². The van der Waals surface area contributed by atoms with Crippen LogP contribution in [0.3, 0.4) is 0 Å². The summed E-state index contributed by atoms with van der Waals surface area (Å²) in [6, 6.07) is 12.3. The van der Waals surface area contributed by atoms with E-state index in [4.69, 9.17) is 9.47 Å². The highest BCUT2D eigenvalue weighted by molar-refractivity contribution is 5.31. The standard InChI is InChI=1S/C17H19FO3/c1-20-11-12-3-6-14(7-4-12)16(19)10-13-5-8-17(21-2)15(18)9-13/h3-9,16,19H,10-11H2,1-2H3. The van der Waals surface area contributed by atoms with Gasteiger partial charge in [-0.25, -0.2) is 4.39 Å². The number of benzene rings is 2. The summed E-state index contributed by atoms with van der Waals surface area (Å²) in [6.45, 7) is 0.542. The molecule has 0 saturated heterocycles. The summed E-state index contributed by atoms with van der Waals surface area (Å²) in [5.41, 5.74) is 2.57. The van der Waals surface area contributed by atoms with Gasteiger partial charge in [-0.05, 0) is 28.8 Å². The molecule has 2 rings (SSSR count). The Morgan fingerprint density at radius 2 is 1.71 bits per heavy atom. The van der Waals surface area contributed by atoms with E-state index in [1.54, 1.807) is 19.2 Å². The van der Waals surface area contributed by atoms with Gasteiger partial charge in [-0.15, -0.1) is 0 Å². The van der Waals surface area contributed by atoms with Gasteiger partial charge >= 0.3 is 0 Å². The van der Waals surface area contributed by atoms with E-state index in [0.717, 1.165) is 16.7 Å². The maximum absolute atomic E-state index is 13.6. The van der Waals surface area contributed by atoms with Crippen molar-refractivity contribution >= 4 is 0 Å². The molecule has 0 spiro atoms. The average molecular weight is 290 g/mol. The van der Waals surface area contributed by atoms with Crippen molar-refractivity contribution < 1.29 is 19.0 Å². The number of hydrogen-bond donors (Lipinski definition) is 1. The molecule has 0 saturated carbocycles. The third-order valence-corrected chi connectivity index (χ3v) is 3.32. The number of methoxy groups -OCH3 is 2. The van der Waals surface area contributed by atoms with E-state index >= 15 is 0 Å². The quantitative estimate of drug-likeness (QED) is 0.887. The molecule has 2 aromatic carbocycles. The lowest BCUT2D eigenvalue weighted by atomic mass is 10.0. The molecule has 0 aliphatic rings. The third-order valence-electron chi connectivity index (χ3n) is 3.32. The first kappa shape index (κ1) is 15.5.